The largest absolute Gasteiger partial charge is 0.494 e. The second kappa shape index (κ2) is 6.08. The van der Waals surface area contributed by atoms with Crippen molar-refractivity contribution in [1.82, 2.24) is 4.90 Å². The van der Waals surface area contributed by atoms with Crippen molar-refractivity contribution < 1.29 is 4.74 Å². The Balaban J connectivity index is 1.82. The van der Waals surface area contributed by atoms with Gasteiger partial charge < -0.3 is 10.5 Å². The standard InChI is InChI=1S/C17H22N2OS/c1-3-20-16-5-4-14(18)10-13(16)11-19-8-6-17-15(12(19)2)7-9-21-17/h4-5,7,9-10,12H,3,6,8,11,18H2,1-2H3. The van der Waals surface area contributed by atoms with Crippen LogP contribution in [0.15, 0.2) is 29.6 Å². The molecule has 0 saturated heterocycles. The van der Waals surface area contributed by atoms with Gasteiger partial charge in [0.1, 0.15) is 5.75 Å². The summed E-state index contributed by atoms with van der Waals surface area (Å²) in [6.07, 6.45) is 1.14. The third-order valence-corrected chi connectivity index (χ3v) is 5.16. The van der Waals surface area contributed by atoms with Gasteiger partial charge >= 0.3 is 0 Å². The molecule has 0 amide bonds. The highest BCUT2D eigenvalue weighted by atomic mass is 32.1. The van der Waals surface area contributed by atoms with E-state index in [1.165, 1.54) is 16.0 Å². The number of nitrogen functional groups attached to an aromatic ring is 1. The first-order valence-electron chi connectivity index (χ1n) is 7.50. The highest BCUT2D eigenvalue weighted by Crippen LogP contribution is 2.35. The number of ether oxygens (including phenoxy) is 1. The summed E-state index contributed by atoms with van der Waals surface area (Å²) in [5, 5.41) is 2.21. The van der Waals surface area contributed by atoms with Crippen molar-refractivity contribution in [2.45, 2.75) is 32.9 Å². The van der Waals surface area contributed by atoms with Crippen LogP contribution in [0.2, 0.25) is 0 Å². The second-order valence-electron chi connectivity index (χ2n) is 5.50. The minimum atomic E-state index is 0.455. The molecule has 0 fully saturated rings. The summed E-state index contributed by atoms with van der Waals surface area (Å²) in [5.74, 6) is 0.954. The number of thiophene rings is 1. The number of hydrogen-bond acceptors (Lipinski definition) is 4. The van der Waals surface area contributed by atoms with E-state index in [9.17, 15) is 0 Å². The Morgan fingerprint density at radius 2 is 2.24 bits per heavy atom. The Morgan fingerprint density at radius 3 is 3.05 bits per heavy atom. The molecule has 0 saturated carbocycles. The molecule has 112 valence electrons. The van der Waals surface area contributed by atoms with Crippen LogP contribution in [0.5, 0.6) is 5.75 Å². The first-order chi connectivity index (χ1) is 10.2. The molecule has 1 aliphatic heterocycles. The number of benzene rings is 1. The number of nitrogens with zero attached hydrogens (tertiary/aromatic N) is 1. The maximum Gasteiger partial charge on any atom is 0.123 e. The molecule has 3 rings (SSSR count). The number of nitrogens with two attached hydrogens (primary N) is 1. The normalized spacial score (nSPS) is 18.5. The molecule has 2 heterocycles. The van der Waals surface area contributed by atoms with Crippen molar-refractivity contribution in [3.05, 3.63) is 45.6 Å². The van der Waals surface area contributed by atoms with Gasteiger partial charge in [-0.2, -0.15) is 0 Å². The zero-order valence-corrected chi connectivity index (χ0v) is 13.5. The van der Waals surface area contributed by atoms with Crippen LogP contribution in [0.4, 0.5) is 5.69 Å². The van der Waals surface area contributed by atoms with Crippen LogP contribution in [-0.2, 0) is 13.0 Å². The molecular weight excluding hydrogens is 280 g/mol. The Bertz CT molecular complexity index is 623. The molecule has 2 aromatic rings. The number of hydrogen-bond donors (Lipinski definition) is 1. The quantitative estimate of drug-likeness (QED) is 0.872. The van der Waals surface area contributed by atoms with E-state index >= 15 is 0 Å². The van der Waals surface area contributed by atoms with Crippen LogP contribution >= 0.6 is 11.3 Å². The topological polar surface area (TPSA) is 38.5 Å². The summed E-state index contributed by atoms with van der Waals surface area (Å²) in [7, 11) is 0. The fourth-order valence-corrected chi connectivity index (χ4v) is 3.98. The Morgan fingerprint density at radius 1 is 1.38 bits per heavy atom. The highest BCUT2D eigenvalue weighted by Gasteiger charge is 2.25. The molecule has 1 unspecified atom stereocenters. The van der Waals surface area contributed by atoms with E-state index < -0.39 is 0 Å². The molecule has 3 nitrogen and oxygen atoms in total. The molecule has 1 aliphatic rings. The van der Waals surface area contributed by atoms with E-state index in [2.05, 4.69) is 23.3 Å². The highest BCUT2D eigenvalue weighted by molar-refractivity contribution is 7.10. The van der Waals surface area contributed by atoms with E-state index in [4.69, 9.17) is 10.5 Å². The summed E-state index contributed by atoms with van der Waals surface area (Å²) < 4.78 is 5.74. The first-order valence-corrected chi connectivity index (χ1v) is 8.38. The van der Waals surface area contributed by atoms with Crippen LogP contribution in [0.3, 0.4) is 0 Å². The van der Waals surface area contributed by atoms with Gasteiger partial charge in [-0.3, -0.25) is 4.90 Å². The molecule has 1 atom stereocenters. The van der Waals surface area contributed by atoms with Crippen molar-refractivity contribution in [1.29, 1.82) is 0 Å². The Hall–Kier alpha value is -1.52. The fraction of sp³-hybridized carbons (Fsp3) is 0.412. The molecule has 2 N–H and O–H groups in total. The molecule has 0 bridgehead atoms. The zero-order chi connectivity index (χ0) is 14.8. The Kier molecular flexibility index (Phi) is 4.17. The van der Waals surface area contributed by atoms with Gasteiger partial charge in [-0.15, -0.1) is 11.3 Å². The third-order valence-electron chi connectivity index (χ3n) is 4.16. The lowest BCUT2D eigenvalue weighted by molar-refractivity contribution is 0.188. The summed E-state index contributed by atoms with van der Waals surface area (Å²) in [6.45, 7) is 6.96. The molecule has 0 radical (unpaired) electrons. The summed E-state index contributed by atoms with van der Waals surface area (Å²) in [4.78, 5) is 4.04. The van der Waals surface area contributed by atoms with Gasteiger partial charge in [0.05, 0.1) is 6.61 Å². The van der Waals surface area contributed by atoms with Gasteiger partial charge in [0, 0.05) is 35.3 Å². The van der Waals surface area contributed by atoms with Gasteiger partial charge in [0.2, 0.25) is 0 Å². The van der Waals surface area contributed by atoms with Gasteiger partial charge in [-0.1, -0.05) is 0 Å². The van der Waals surface area contributed by atoms with E-state index in [1.54, 1.807) is 0 Å². The lowest BCUT2D eigenvalue weighted by Crippen LogP contribution is -2.32. The molecule has 1 aromatic heterocycles. The average molecular weight is 302 g/mol. The van der Waals surface area contributed by atoms with Crippen LogP contribution < -0.4 is 10.5 Å². The van der Waals surface area contributed by atoms with Crippen LogP contribution in [0.25, 0.3) is 0 Å². The van der Waals surface area contributed by atoms with Gasteiger partial charge in [-0.25, -0.2) is 0 Å². The summed E-state index contributed by atoms with van der Waals surface area (Å²) in [5.41, 5.74) is 9.41. The predicted molar refractivity (Wildman–Crippen MR) is 88.9 cm³/mol. The van der Waals surface area contributed by atoms with Gasteiger partial charge in [0.15, 0.2) is 0 Å². The lowest BCUT2D eigenvalue weighted by atomic mass is 10.0. The van der Waals surface area contributed by atoms with Crippen molar-refractivity contribution in [2.75, 3.05) is 18.9 Å². The SMILES string of the molecule is CCOc1ccc(N)cc1CN1CCc2sccc2C1C. The van der Waals surface area contributed by atoms with Crippen molar-refractivity contribution >= 4 is 17.0 Å². The van der Waals surface area contributed by atoms with Crippen LogP contribution in [0.1, 0.15) is 35.9 Å². The van der Waals surface area contributed by atoms with Crippen LogP contribution in [-0.4, -0.2) is 18.1 Å². The van der Waals surface area contributed by atoms with E-state index in [-0.39, 0.29) is 0 Å². The lowest BCUT2D eigenvalue weighted by Gasteiger charge is -2.34. The smallest absolute Gasteiger partial charge is 0.123 e. The zero-order valence-electron chi connectivity index (χ0n) is 12.6. The van der Waals surface area contributed by atoms with E-state index in [0.29, 0.717) is 12.6 Å². The summed E-state index contributed by atoms with van der Waals surface area (Å²) >= 11 is 1.88. The van der Waals surface area contributed by atoms with Crippen molar-refractivity contribution in [3.8, 4) is 5.75 Å². The minimum absolute atomic E-state index is 0.455. The van der Waals surface area contributed by atoms with Crippen LogP contribution in [0, 0.1) is 0 Å². The number of anilines is 1. The molecule has 1 aromatic carbocycles. The van der Waals surface area contributed by atoms with Gasteiger partial charge in [0.25, 0.3) is 0 Å². The van der Waals surface area contributed by atoms with E-state index in [1.807, 2.05) is 36.5 Å². The second-order valence-corrected chi connectivity index (χ2v) is 6.50. The van der Waals surface area contributed by atoms with Gasteiger partial charge in [-0.05, 0) is 55.5 Å². The third kappa shape index (κ3) is 2.92. The number of rotatable bonds is 4. The average Bonchev–Trinajstić information content (AvgIpc) is 2.94. The maximum absolute atomic E-state index is 5.95. The molecule has 0 aliphatic carbocycles. The van der Waals surface area contributed by atoms with E-state index in [0.717, 1.165) is 30.9 Å². The maximum atomic E-state index is 5.95. The predicted octanol–water partition coefficient (Wildman–Crippen LogP) is 3.85. The monoisotopic (exact) mass is 302 g/mol. The molecule has 4 heteroatoms. The summed E-state index contributed by atoms with van der Waals surface area (Å²) in [6, 6.07) is 8.65. The fourth-order valence-electron chi connectivity index (χ4n) is 3.02. The number of fused-ring (bicyclic) bond motifs is 1. The van der Waals surface area contributed by atoms with Crippen molar-refractivity contribution in [3.63, 3.8) is 0 Å². The molecular formula is C17H22N2OS. The Labute approximate surface area is 130 Å². The first kappa shape index (κ1) is 14.4. The minimum Gasteiger partial charge on any atom is -0.494 e. The van der Waals surface area contributed by atoms with Crippen molar-refractivity contribution in [2.24, 2.45) is 0 Å². The molecule has 0 spiro atoms. The molecule has 21 heavy (non-hydrogen) atoms.